The van der Waals surface area contributed by atoms with Crippen molar-refractivity contribution in [2.75, 3.05) is 13.2 Å². The second kappa shape index (κ2) is 55.2. The molecule has 6 nitrogen and oxygen atoms in total. The van der Waals surface area contributed by atoms with E-state index in [4.69, 9.17) is 14.2 Å². The minimum Gasteiger partial charge on any atom is -0.462 e. The van der Waals surface area contributed by atoms with Gasteiger partial charge in [0, 0.05) is 19.3 Å². The van der Waals surface area contributed by atoms with Crippen LogP contribution in [0.3, 0.4) is 0 Å². The summed E-state index contributed by atoms with van der Waals surface area (Å²) in [5.74, 6) is -0.888. The van der Waals surface area contributed by atoms with E-state index in [1.807, 2.05) is 0 Å². The van der Waals surface area contributed by atoms with Crippen LogP contribution in [0.25, 0.3) is 0 Å². The van der Waals surface area contributed by atoms with Crippen molar-refractivity contribution in [3.8, 4) is 0 Å². The molecule has 0 aromatic heterocycles. The number of esters is 3. The lowest BCUT2D eigenvalue weighted by molar-refractivity contribution is -0.167. The van der Waals surface area contributed by atoms with Gasteiger partial charge in [0.1, 0.15) is 13.2 Å². The third-order valence-corrected chi connectivity index (χ3v) is 12.8. The van der Waals surface area contributed by atoms with Gasteiger partial charge in [0.25, 0.3) is 0 Å². The van der Waals surface area contributed by atoms with Crippen molar-refractivity contribution < 1.29 is 28.6 Å². The SMILES string of the molecule is CCC/C=C\C/C=C\CCCCCCCC(=O)OC(COC(=O)CCCCCCC/C=C\CCCC)COC(=O)CCCCCCCCCCCCCCCCCCCCCCCCCC. The molecule has 0 aromatic rings. The molecular weight excluding hydrogens is 817 g/mol. The van der Waals surface area contributed by atoms with Crippen molar-refractivity contribution in [1.82, 2.24) is 0 Å². The molecule has 66 heavy (non-hydrogen) atoms. The van der Waals surface area contributed by atoms with Crippen molar-refractivity contribution in [2.24, 2.45) is 0 Å². The third-order valence-electron chi connectivity index (χ3n) is 12.8. The number of unbranched alkanes of at least 4 members (excludes halogenated alkanes) is 36. The zero-order valence-electron chi connectivity index (χ0n) is 44.2. The molecule has 0 fully saturated rings. The Hall–Kier alpha value is -2.37. The predicted molar refractivity (Wildman–Crippen MR) is 284 cm³/mol. The summed E-state index contributed by atoms with van der Waals surface area (Å²) >= 11 is 0. The van der Waals surface area contributed by atoms with Gasteiger partial charge in [0.15, 0.2) is 6.10 Å². The molecule has 1 unspecified atom stereocenters. The summed E-state index contributed by atoms with van der Waals surface area (Å²) < 4.78 is 16.8. The highest BCUT2D eigenvalue weighted by molar-refractivity contribution is 5.71. The van der Waals surface area contributed by atoms with Gasteiger partial charge in [-0.3, -0.25) is 14.4 Å². The number of carbonyl (C=O) groups excluding carboxylic acids is 3. The summed E-state index contributed by atoms with van der Waals surface area (Å²) in [6, 6.07) is 0. The van der Waals surface area contributed by atoms with Gasteiger partial charge in [-0.25, -0.2) is 0 Å². The monoisotopic (exact) mass is 927 g/mol. The van der Waals surface area contributed by atoms with Crippen molar-refractivity contribution >= 4 is 17.9 Å². The first-order valence-corrected chi connectivity index (χ1v) is 29.0. The number of carbonyl (C=O) groups is 3. The van der Waals surface area contributed by atoms with E-state index in [0.717, 1.165) is 96.3 Å². The number of hydrogen-bond acceptors (Lipinski definition) is 6. The lowest BCUT2D eigenvalue weighted by Gasteiger charge is -2.18. The van der Waals surface area contributed by atoms with Crippen LogP contribution in [-0.4, -0.2) is 37.2 Å². The highest BCUT2D eigenvalue weighted by Crippen LogP contribution is 2.17. The number of hydrogen-bond donors (Lipinski definition) is 0. The van der Waals surface area contributed by atoms with Crippen LogP contribution >= 0.6 is 0 Å². The highest BCUT2D eigenvalue weighted by atomic mass is 16.6. The molecule has 1 atom stereocenters. The molecule has 0 bridgehead atoms. The minimum absolute atomic E-state index is 0.0773. The first-order chi connectivity index (χ1) is 32.5. The first-order valence-electron chi connectivity index (χ1n) is 29.0. The molecular formula is C60H110O6. The molecule has 0 aromatic carbocycles. The second-order valence-electron chi connectivity index (χ2n) is 19.6. The van der Waals surface area contributed by atoms with Crippen LogP contribution in [0.15, 0.2) is 36.5 Å². The lowest BCUT2D eigenvalue weighted by atomic mass is 10.0. The minimum atomic E-state index is -0.779. The van der Waals surface area contributed by atoms with E-state index in [2.05, 4.69) is 57.2 Å². The number of allylic oxidation sites excluding steroid dienone is 6. The Bertz CT molecular complexity index is 1110. The van der Waals surface area contributed by atoms with Crippen LogP contribution in [0.1, 0.15) is 310 Å². The van der Waals surface area contributed by atoms with Crippen LogP contribution in [0.5, 0.6) is 0 Å². The van der Waals surface area contributed by atoms with E-state index in [1.54, 1.807) is 0 Å². The summed E-state index contributed by atoms with van der Waals surface area (Å²) in [5.41, 5.74) is 0. The van der Waals surface area contributed by atoms with Gasteiger partial charge in [-0.15, -0.1) is 0 Å². The first kappa shape index (κ1) is 63.6. The predicted octanol–water partition coefficient (Wildman–Crippen LogP) is 19.3. The molecule has 0 saturated heterocycles. The van der Waals surface area contributed by atoms with Crippen LogP contribution in [0, 0.1) is 0 Å². The summed E-state index contributed by atoms with van der Waals surface area (Å²) in [7, 11) is 0. The molecule has 0 aliphatic heterocycles. The highest BCUT2D eigenvalue weighted by Gasteiger charge is 2.19. The van der Waals surface area contributed by atoms with E-state index in [0.29, 0.717) is 19.3 Å². The normalized spacial score (nSPS) is 12.2. The van der Waals surface area contributed by atoms with Crippen LogP contribution in [0.4, 0.5) is 0 Å². The number of rotatable bonds is 53. The molecule has 0 saturated carbocycles. The standard InChI is InChI=1S/C60H110O6/c1-4-7-10-13-16-19-22-24-25-26-27-28-29-30-31-32-33-34-36-38-41-44-47-50-53-59(62)65-56-57(55-64-58(61)52-49-46-43-40-37-21-18-15-12-9-6-3)66-60(63)54-51-48-45-42-39-35-23-20-17-14-11-8-5-2/h11,14-15,18,20,23,57H,4-10,12-13,16-17,19,21-22,24-56H2,1-3H3/b14-11-,18-15-,23-20-. The molecule has 0 aliphatic rings. The summed E-state index contributed by atoms with van der Waals surface area (Å²) in [4.78, 5) is 38.0. The maximum atomic E-state index is 12.8. The van der Waals surface area contributed by atoms with Gasteiger partial charge in [0.05, 0.1) is 0 Å². The molecule has 0 radical (unpaired) electrons. The maximum absolute atomic E-state index is 12.8. The molecule has 0 spiro atoms. The average molecular weight is 928 g/mol. The maximum Gasteiger partial charge on any atom is 0.306 e. The van der Waals surface area contributed by atoms with Gasteiger partial charge in [-0.05, 0) is 64.2 Å². The van der Waals surface area contributed by atoms with Crippen molar-refractivity contribution in [3.05, 3.63) is 36.5 Å². The Morgan fingerprint density at radius 3 is 0.955 bits per heavy atom. The zero-order chi connectivity index (χ0) is 47.9. The van der Waals surface area contributed by atoms with Crippen molar-refractivity contribution in [2.45, 2.75) is 316 Å². The van der Waals surface area contributed by atoms with E-state index in [-0.39, 0.29) is 31.1 Å². The van der Waals surface area contributed by atoms with E-state index >= 15 is 0 Å². The Balaban J connectivity index is 4.19. The largest absolute Gasteiger partial charge is 0.462 e. The molecule has 6 heteroatoms. The Labute approximate surface area is 410 Å². The smallest absolute Gasteiger partial charge is 0.306 e. The Morgan fingerprint density at radius 2 is 0.591 bits per heavy atom. The molecule has 386 valence electrons. The van der Waals surface area contributed by atoms with E-state index in [1.165, 1.54) is 173 Å². The van der Waals surface area contributed by atoms with Gasteiger partial charge in [-0.2, -0.15) is 0 Å². The molecule has 0 N–H and O–H groups in total. The summed E-state index contributed by atoms with van der Waals surface area (Å²) in [5, 5.41) is 0. The third kappa shape index (κ3) is 52.6. The Morgan fingerprint density at radius 1 is 0.303 bits per heavy atom. The van der Waals surface area contributed by atoms with Gasteiger partial charge in [-0.1, -0.05) is 263 Å². The van der Waals surface area contributed by atoms with Crippen molar-refractivity contribution in [3.63, 3.8) is 0 Å². The van der Waals surface area contributed by atoms with Gasteiger partial charge < -0.3 is 14.2 Å². The molecule has 0 amide bonds. The quantitative estimate of drug-likeness (QED) is 0.0262. The topological polar surface area (TPSA) is 78.9 Å². The zero-order valence-corrected chi connectivity index (χ0v) is 44.2. The number of ether oxygens (including phenoxy) is 3. The average Bonchev–Trinajstić information content (AvgIpc) is 3.31. The fourth-order valence-corrected chi connectivity index (χ4v) is 8.46. The molecule has 0 heterocycles. The summed E-state index contributed by atoms with van der Waals surface area (Å²) in [6.07, 6.45) is 65.8. The van der Waals surface area contributed by atoms with Crippen molar-refractivity contribution in [1.29, 1.82) is 0 Å². The second-order valence-corrected chi connectivity index (χ2v) is 19.6. The van der Waals surface area contributed by atoms with Crippen LogP contribution < -0.4 is 0 Å². The molecule has 0 rings (SSSR count). The van der Waals surface area contributed by atoms with E-state index in [9.17, 15) is 14.4 Å². The fourth-order valence-electron chi connectivity index (χ4n) is 8.46. The fraction of sp³-hybridized carbons (Fsp3) is 0.850. The lowest BCUT2D eigenvalue weighted by Crippen LogP contribution is -2.30. The van der Waals surface area contributed by atoms with Crippen LogP contribution in [-0.2, 0) is 28.6 Å². The van der Waals surface area contributed by atoms with Gasteiger partial charge in [0.2, 0.25) is 0 Å². The van der Waals surface area contributed by atoms with Gasteiger partial charge >= 0.3 is 17.9 Å². The Kier molecular flexibility index (Phi) is 53.2. The van der Waals surface area contributed by atoms with Crippen LogP contribution in [0.2, 0.25) is 0 Å². The summed E-state index contributed by atoms with van der Waals surface area (Å²) in [6.45, 7) is 6.55. The molecule has 0 aliphatic carbocycles. The van der Waals surface area contributed by atoms with E-state index < -0.39 is 6.10 Å².